The van der Waals surface area contributed by atoms with Gasteiger partial charge in [-0.25, -0.2) is 4.79 Å². The SMILES string of the molecule is COCCOC(=O)n1nc(NC(=O)c2ccc(N3CCN(C)CC3)cc2)c2c1CN(C(=O)C(OC)c1ccccc1)C2. The second kappa shape index (κ2) is 13.1. The first-order valence-corrected chi connectivity index (χ1v) is 13.9. The van der Waals surface area contributed by atoms with Gasteiger partial charge in [0.25, 0.3) is 11.8 Å². The summed E-state index contributed by atoms with van der Waals surface area (Å²) in [5.74, 6) is -0.439. The summed E-state index contributed by atoms with van der Waals surface area (Å²) >= 11 is 0. The lowest BCUT2D eigenvalue weighted by Gasteiger charge is -2.34. The molecule has 2 aromatic carbocycles. The van der Waals surface area contributed by atoms with Gasteiger partial charge < -0.3 is 34.2 Å². The van der Waals surface area contributed by atoms with E-state index in [2.05, 4.69) is 27.3 Å². The van der Waals surface area contributed by atoms with Gasteiger partial charge in [0.15, 0.2) is 11.9 Å². The van der Waals surface area contributed by atoms with Crippen molar-refractivity contribution in [3.05, 3.63) is 77.0 Å². The Kier molecular flexibility index (Phi) is 9.15. The zero-order valence-corrected chi connectivity index (χ0v) is 24.1. The number of carbonyl (C=O) groups is 3. The van der Waals surface area contributed by atoms with Crippen LogP contribution < -0.4 is 10.2 Å². The van der Waals surface area contributed by atoms with Gasteiger partial charge in [-0.1, -0.05) is 30.3 Å². The van der Waals surface area contributed by atoms with E-state index in [9.17, 15) is 14.4 Å². The third-order valence-corrected chi connectivity index (χ3v) is 7.57. The molecule has 3 heterocycles. The van der Waals surface area contributed by atoms with Gasteiger partial charge in [0.05, 0.1) is 25.4 Å². The molecule has 3 aromatic rings. The molecule has 1 N–H and O–H groups in total. The lowest BCUT2D eigenvalue weighted by atomic mass is 10.1. The Hall–Kier alpha value is -4.26. The smallest absolute Gasteiger partial charge is 0.435 e. The molecule has 222 valence electrons. The molecule has 12 heteroatoms. The van der Waals surface area contributed by atoms with Gasteiger partial charge in [-0.15, -0.1) is 5.10 Å². The lowest BCUT2D eigenvalue weighted by molar-refractivity contribution is -0.143. The Morgan fingerprint density at radius 2 is 1.64 bits per heavy atom. The highest BCUT2D eigenvalue weighted by atomic mass is 16.6. The number of hydrogen-bond donors (Lipinski definition) is 1. The summed E-state index contributed by atoms with van der Waals surface area (Å²) in [7, 11) is 5.10. The normalized spacial score (nSPS) is 15.8. The molecule has 0 saturated carbocycles. The van der Waals surface area contributed by atoms with E-state index in [0.29, 0.717) is 16.8 Å². The van der Waals surface area contributed by atoms with E-state index in [1.54, 1.807) is 17.0 Å². The minimum atomic E-state index is -0.817. The number of carbonyl (C=O) groups excluding carboxylic acids is 3. The van der Waals surface area contributed by atoms with Crippen molar-refractivity contribution in [1.29, 1.82) is 0 Å². The van der Waals surface area contributed by atoms with E-state index in [1.165, 1.54) is 14.2 Å². The Bertz CT molecular complexity index is 1400. The van der Waals surface area contributed by atoms with Gasteiger partial charge >= 0.3 is 6.09 Å². The number of benzene rings is 2. The fourth-order valence-corrected chi connectivity index (χ4v) is 5.16. The maximum absolute atomic E-state index is 13.5. The van der Waals surface area contributed by atoms with E-state index < -0.39 is 12.2 Å². The van der Waals surface area contributed by atoms with E-state index >= 15 is 0 Å². The second-order valence-electron chi connectivity index (χ2n) is 10.3. The number of hydrogen-bond acceptors (Lipinski definition) is 9. The van der Waals surface area contributed by atoms with Crippen LogP contribution in [0.15, 0.2) is 54.6 Å². The van der Waals surface area contributed by atoms with Crippen LogP contribution in [0.1, 0.15) is 33.3 Å². The van der Waals surface area contributed by atoms with Crippen LogP contribution in [0.5, 0.6) is 0 Å². The number of methoxy groups -OCH3 is 2. The van der Waals surface area contributed by atoms with Crippen LogP contribution in [0.3, 0.4) is 0 Å². The van der Waals surface area contributed by atoms with Crippen molar-refractivity contribution in [3.8, 4) is 0 Å². The fourth-order valence-electron chi connectivity index (χ4n) is 5.16. The standard InChI is InChI=1S/C30H36N6O6/c1-33-13-15-34(16-14-33)23-11-9-22(10-12-23)28(37)31-27-24-19-35(29(38)26(41-3)21-7-5-4-6-8-21)20-25(24)36(32-27)30(39)42-18-17-40-2/h4-12,26H,13-20H2,1-3H3,(H,31,32,37). The quantitative estimate of drug-likeness (QED) is 0.384. The van der Waals surface area contributed by atoms with Crippen LogP contribution in [0, 0.1) is 0 Å². The summed E-state index contributed by atoms with van der Waals surface area (Å²) < 4.78 is 16.9. The number of rotatable bonds is 9. The molecule has 1 fully saturated rings. The van der Waals surface area contributed by atoms with E-state index in [1.807, 2.05) is 42.5 Å². The summed E-state index contributed by atoms with van der Waals surface area (Å²) in [6.45, 7) is 4.33. The Morgan fingerprint density at radius 1 is 0.929 bits per heavy atom. The monoisotopic (exact) mass is 576 g/mol. The lowest BCUT2D eigenvalue weighted by Crippen LogP contribution is -2.44. The Balaban J connectivity index is 1.35. The van der Waals surface area contributed by atoms with E-state index in [4.69, 9.17) is 14.2 Å². The maximum Gasteiger partial charge on any atom is 0.435 e. The predicted molar refractivity (Wildman–Crippen MR) is 155 cm³/mol. The molecule has 1 aromatic heterocycles. The molecule has 0 radical (unpaired) electrons. The topological polar surface area (TPSA) is 118 Å². The van der Waals surface area contributed by atoms with E-state index in [0.717, 1.165) is 42.1 Å². The summed E-state index contributed by atoms with van der Waals surface area (Å²) in [5.41, 5.74) is 3.26. The van der Waals surface area contributed by atoms with Gasteiger partial charge in [-0.2, -0.15) is 4.68 Å². The number of nitrogens with one attached hydrogen (secondary N) is 1. The number of nitrogens with zero attached hydrogens (tertiary/aromatic N) is 5. The van der Waals surface area contributed by atoms with Gasteiger partial charge in [0.1, 0.15) is 6.61 Å². The van der Waals surface area contributed by atoms with Crippen molar-refractivity contribution in [2.45, 2.75) is 19.2 Å². The average Bonchev–Trinajstić information content (AvgIpc) is 3.59. The average molecular weight is 577 g/mol. The third kappa shape index (κ3) is 6.30. The van der Waals surface area contributed by atoms with Gasteiger partial charge in [0, 0.05) is 57.2 Å². The zero-order chi connectivity index (χ0) is 29.6. The Morgan fingerprint density at radius 3 is 2.31 bits per heavy atom. The van der Waals surface area contributed by atoms with Crippen molar-refractivity contribution in [2.75, 3.05) is 70.9 Å². The van der Waals surface area contributed by atoms with Crippen molar-refractivity contribution in [3.63, 3.8) is 0 Å². The highest BCUT2D eigenvalue weighted by Gasteiger charge is 2.36. The molecule has 1 atom stereocenters. The van der Waals surface area contributed by atoms with Crippen LogP contribution in [0.2, 0.25) is 0 Å². The van der Waals surface area contributed by atoms with Crippen molar-refractivity contribution < 1.29 is 28.6 Å². The molecule has 12 nitrogen and oxygen atoms in total. The van der Waals surface area contributed by atoms with Gasteiger partial charge in [0.2, 0.25) is 0 Å². The number of piperazine rings is 1. The van der Waals surface area contributed by atoms with Crippen LogP contribution in [0.4, 0.5) is 16.3 Å². The molecule has 2 aliphatic heterocycles. The molecular formula is C30H36N6O6. The second-order valence-corrected chi connectivity index (χ2v) is 10.3. The van der Waals surface area contributed by atoms with Gasteiger partial charge in [-0.05, 0) is 36.9 Å². The molecular weight excluding hydrogens is 540 g/mol. The van der Waals surface area contributed by atoms with E-state index in [-0.39, 0.29) is 43.9 Å². The first-order chi connectivity index (χ1) is 20.4. The Labute approximate surface area is 244 Å². The molecule has 0 spiro atoms. The summed E-state index contributed by atoms with van der Waals surface area (Å²) in [6, 6.07) is 16.6. The number of aromatic nitrogens is 2. The minimum absolute atomic E-state index is 0.0354. The number of ether oxygens (including phenoxy) is 3. The zero-order valence-electron chi connectivity index (χ0n) is 24.1. The maximum atomic E-state index is 13.5. The van der Waals surface area contributed by atoms with Crippen LogP contribution in [-0.2, 0) is 32.1 Å². The molecule has 0 bridgehead atoms. The van der Waals surface area contributed by atoms with Gasteiger partial charge in [-0.3, -0.25) is 9.59 Å². The largest absolute Gasteiger partial charge is 0.445 e. The van der Waals surface area contributed by atoms with Crippen molar-refractivity contribution in [1.82, 2.24) is 19.6 Å². The van der Waals surface area contributed by atoms with Crippen LogP contribution >= 0.6 is 0 Å². The highest BCUT2D eigenvalue weighted by Crippen LogP contribution is 2.32. The fraction of sp³-hybridized carbons (Fsp3) is 0.400. The molecule has 42 heavy (non-hydrogen) atoms. The number of likely N-dealkylation sites (N-methyl/N-ethyl adjacent to an activating group) is 1. The number of fused-ring (bicyclic) bond motifs is 1. The molecule has 1 unspecified atom stereocenters. The number of anilines is 2. The molecule has 1 saturated heterocycles. The predicted octanol–water partition coefficient (Wildman–Crippen LogP) is 2.75. The minimum Gasteiger partial charge on any atom is -0.445 e. The molecule has 5 rings (SSSR count). The first-order valence-electron chi connectivity index (χ1n) is 13.9. The third-order valence-electron chi connectivity index (χ3n) is 7.57. The van der Waals surface area contributed by atoms with Crippen LogP contribution in [-0.4, -0.2) is 98.1 Å². The summed E-state index contributed by atoms with van der Waals surface area (Å²) in [4.78, 5) is 45.9. The number of amides is 2. The van der Waals surface area contributed by atoms with Crippen molar-refractivity contribution >= 4 is 29.4 Å². The summed E-state index contributed by atoms with van der Waals surface area (Å²) in [5, 5.41) is 7.23. The van der Waals surface area contributed by atoms with Crippen molar-refractivity contribution in [2.24, 2.45) is 0 Å². The molecule has 2 amide bonds. The van der Waals surface area contributed by atoms with Crippen LogP contribution in [0.25, 0.3) is 0 Å². The first kappa shape index (κ1) is 29.2. The molecule has 0 aliphatic carbocycles. The molecule has 2 aliphatic rings. The summed E-state index contributed by atoms with van der Waals surface area (Å²) in [6.07, 6.45) is -1.54. The highest BCUT2D eigenvalue weighted by molar-refractivity contribution is 6.04.